The summed E-state index contributed by atoms with van der Waals surface area (Å²) in [6, 6.07) is 88.7. The van der Waals surface area contributed by atoms with Crippen molar-refractivity contribution >= 4 is 43.6 Å². The molecule has 0 unspecified atom stereocenters. The molecular weight excluding hydrogens is 749 g/mol. The Labute approximate surface area is 360 Å². The molecular formula is C60H40N2. The molecule has 0 aliphatic carbocycles. The molecule has 0 atom stereocenters. The molecule has 0 radical (unpaired) electrons. The van der Waals surface area contributed by atoms with E-state index in [-0.39, 0.29) is 0 Å². The minimum absolute atomic E-state index is 1.11. The van der Waals surface area contributed by atoms with Gasteiger partial charge >= 0.3 is 0 Å². The van der Waals surface area contributed by atoms with E-state index < -0.39 is 0 Å². The van der Waals surface area contributed by atoms with Gasteiger partial charge in [0.1, 0.15) is 0 Å². The van der Waals surface area contributed by atoms with Gasteiger partial charge in [0.15, 0.2) is 0 Å². The van der Waals surface area contributed by atoms with Crippen molar-refractivity contribution in [2.45, 2.75) is 0 Å². The summed E-state index contributed by atoms with van der Waals surface area (Å²) in [6.45, 7) is 0. The van der Waals surface area contributed by atoms with Crippen LogP contribution < -0.4 is 0 Å². The first-order valence-corrected chi connectivity index (χ1v) is 21.3. The molecule has 0 saturated heterocycles. The minimum Gasteiger partial charge on any atom is -0.309 e. The fourth-order valence-corrected chi connectivity index (χ4v) is 9.52. The molecule has 0 bridgehead atoms. The van der Waals surface area contributed by atoms with Crippen molar-refractivity contribution in [2.75, 3.05) is 0 Å². The summed E-state index contributed by atoms with van der Waals surface area (Å²) in [7, 11) is 0. The van der Waals surface area contributed by atoms with Crippen LogP contribution in [0.2, 0.25) is 0 Å². The molecule has 12 rings (SSSR count). The molecule has 2 heteroatoms. The third-order valence-electron chi connectivity index (χ3n) is 12.5. The van der Waals surface area contributed by atoms with E-state index in [4.69, 9.17) is 0 Å². The zero-order valence-electron chi connectivity index (χ0n) is 34.0. The zero-order chi connectivity index (χ0) is 41.0. The number of rotatable bonds is 7. The Morgan fingerprint density at radius 3 is 0.758 bits per heavy atom. The number of aromatic nitrogens is 2. The first kappa shape index (κ1) is 35.7. The van der Waals surface area contributed by atoms with Crippen LogP contribution in [-0.4, -0.2) is 9.13 Å². The van der Waals surface area contributed by atoms with E-state index in [0.717, 1.165) is 22.5 Å². The van der Waals surface area contributed by atoms with E-state index in [1.807, 2.05) is 0 Å². The number of hydrogen-bond acceptors (Lipinski definition) is 0. The number of fused-ring (bicyclic) bond motifs is 6. The van der Waals surface area contributed by atoms with Crippen LogP contribution in [0, 0.1) is 0 Å². The Bertz CT molecular complexity index is 3250. The van der Waals surface area contributed by atoms with Crippen molar-refractivity contribution in [1.82, 2.24) is 9.13 Å². The molecule has 2 heterocycles. The van der Waals surface area contributed by atoms with Crippen molar-refractivity contribution in [3.63, 3.8) is 0 Å². The molecule has 12 aromatic rings. The maximum Gasteiger partial charge on any atom is 0.0541 e. The first-order chi connectivity index (χ1) is 30.7. The van der Waals surface area contributed by atoms with E-state index in [9.17, 15) is 0 Å². The normalized spacial score (nSPS) is 11.5. The van der Waals surface area contributed by atoms with Crippen LogP contribution in [-0.2, 0) is 0 Å². The number of benzene rings is 10. The van der Waals surface area contributed by atoms with Crippen LogP contribution in [0.4, 0.5) is 0 Å². The lowest BCUT2D eigenvalue weighted by atomic mass is 9.91. The van der Waals surface area contributed by atoms with Gasteiger partial charge in [-0.15, -0.1) is 0 Å². The summed E-state index contributed by atoms with van der Waals surface area (Å²) < 4.78 is 4.89. The number of para-hydroxylation sites is 4. The third-order valence-corrected chi connectivity index (χ3v) is 12.5. The van der Waals surface area contributed by atoms with Crippen LogP contribution in [0.25, 0.3) is 111 Å². The molecule has 290 valence electrons. The minimum atomic E-state index is 1.11. The van der Waals surface area contributed by atoms with E-state index in [2.05, 4.69) is 252 Å². The fraction of sp³-hybridized carbons (Fsp3) is 0. The lowest BCUT2D eigenvalue weighted by molar-refractivity contribution is 1.13. The maximum atomic E-state index is 2.45. The van der Waals surface area contributed by atoms with Gasteiger partial charge in [-0.2, -0.15) is 0 Å². The van der Waals surface area contributed by atoms with Gasteiger partial charge < -0.3 is 9.13 Å². The number of nitrogens with zero attached hydrogens (tertiary/aromatic N) is 2. The molecule has 10 aromatic carbocycles. The van der Waals surface area contributed by atoms with Crippen molar-refractivity contribution in [3.8, 4) is 67.0 Å². The SMILES string of the molecule is c1ccc(-c2ccc(-c3cc(-c4ccc(-c5ccccc5)cc4)cc(-c4cc(-n5c6ccccc6c6ccccc65)cc(-n5c6ccccc6c6ccccc65)c4)c3)cc2)cc1. The summed E-state index contributed by atoms with van der Waals surface area (Å²) in [6.07, 6.45) is 0. The van der Waals surface area contributed by atoms with Crippen LogP contribution in [0.1, 0.15) is 0 Å². The molecule has 2 nitrogen and oxygen atoms in total. The summed E-state index contributed by atoms with van der Waals surface area (Å²) in [5.74, 6) is 0. The van der Waals surface area contributed by atoms with Crippen molar-refractivity contribution in [2.24, 2.45) is 0 Å². The van der Waals surface area contributed by atoms with Gasteiger partial charge in [0.25, 0.3) is 0 Å². The van der Waals surface area contributed by atoms with Crippen molar-refractivity contribution < 1.29 is 0 Å². The van der Waals surface area contributed by atoms with E-state index in [1.165, 1.54) is 88.1 Å². The van der Waals surface area contributed by atoms with E-state index in [1.54, 1.807) is 0 Å². The van der Waals surface area contributed by atoms with Crippen molar-refractivity contribution in [1.29, 1.82) is 0 Å². The average molecular weight is 789 g/mol. The molecule has 2 aromatic heterocycles. The van der Waals surface area contributed by atoms with Gasteiger partial charge in [0.05, 0.1) is 22.1 Å². The van der Waals surface area contributed by atoms with Gasteiger partial charge in [-0.05, 0) is 116 Å². The van der Waals surface area contributed by atoms with Gasteiger partial charge in [-0.3, -0.25) is 0 Å². The molecule has 0 spiro atoms. The fourth-order valence-electron chi connectivity index (χ4n) is 9.52. The highest BCUT2D eigenvalue weighted by molar-refractivity contribution is 6.11. The van der Waals surface area contributed by atoms with Crippen molar-refractivity contribution in [3.05, 3.63) is 243 Å². The Morgan fingerprint density at radius 2 is 0.419 bits per heavy atom. The Morgan fingerprint density at radius 1 is 0.177 bits per heavy atom. The highest BCUT2D eigenvalue weighted by atomic mass is 15.0. The molecule has 0 amide bonds. The van der Waals surface area contributed by atoms with Gasteiger partial charge in [0, 0.05) is 32.9 Å². The third kappa shape index (κ3) is 6.12. The predicted molar refractivity (Wildman–Crippen MR) is 262 cm³/mol. The second kappa shape index (κ2) is 14.8. The molecule has 0 aliphatic heterocycles. The standard InChI is InChI=1S/C60H40N2/c1-3-15-41(16-4-1)43-27-31-45(32-28-43)47-35-48(46-33-29-44(30-34-46)42-17-5-2-6-18-42)37-49(36-47)50-38-51(61-57-23-11-7-19-53(57)54-20-8-12-24-58(54)61)40-52(39-50)62-59-25-13-9-21-55(59)56-22-10-14-26-60(56)62/h1-40H. The average Bonchev–Trinajstić information content (AvgIpc) is 3.88. The molecule has 62 heavy (non-hydrogen) atoms. The highest BCUT2D eigenvalue weighted by Crippen LogP contribution is 2.40. The molecule has 0 N–H and O–H groups in total. The second-order valence-electron chi connectivity index (χ2n) is 16.2. The summed E-state index contributed by atoms with van der Waals surface area (Å²) in [5, 5.41) is 4.98. The second-order valence-corrected chi connectivity index (χ2v) is 16.2. The van der Waals surface area contributed by atoms with Crippen LogP contribution >= 0.6 is 0 Å². The zero-order valence-corrected chi connectivity index (χ0v) is 34.0. The van der Waals surface area contributed by atoms with Crippen LogP contribution in [0.5, 0.6) is 0 Å². The van der Waals surface area contributed by atoms with Crippen LogP contribution in [0.3, 0.4) is 0 Å². The summed E-state index contributed by atoms with van der Waals surface area (Å²) >= 11 is 0. The molecule has 0 fully saturated rings. The van der Waals surface area contributed by atoms with E-state index >= 15 is 0 Å². The van der Waals surface area contributed by atoms with Gasteiger partial charge in [-0.25, -0.2) is 0 Å². The van der Waals surface area contributed by atoms with Gasteiger partial charge in [0.2, 0.25) is 0 Å². The lowest BCUT2D eigenvalue weighted by Crippen LogP contribution is -2.00. The first-order valence-electron chi connectivity index (χ1n) is 21.3. The van der Waals surface area contributed by atoms with E-state index in [0.29, 0.717) is 0 Å². The Kier molecular flexibility index (Phi) is 8.53. The predicted octanol–water partition coefficient (Wildman–Crippen LogP) is 16.2. The topological polar surface area (TPSA) is 9.86 Å². The molecule has 0 saturated carbocycles. The highest BCUT2D eigenvalue weighted by Gasteiger charge is 2.18. The quantitative estimate of drug-likeness (QED) is 0.152. The van der Waals surface area contributed by atoms with Crippen LogP contribution in [0.15, 0.2) is 243 Å². The Balaban J connectivity index is 1.11. The summed E-state index contributed by atoms with van der Waals surface area (Å²) in [5.41, 5.74) is 18.8. The molecule has 0 aliphatic rings. The maximum absolute atomic E-state index is 2.45. The Hall–Kier alpha value is -8.20. The lowest BCUT2D eigenvalue weighted by Gasteiger charge is -2.17. The van der Waals surface area contributed by atoms with Gasteiger partial charge in [-0.1, -0.05) is 182 Å². The largest absolute Gasteiger partial charge is 0.309 e. The summed E-state index contributed by atoms with van der Waals surface area (Å²) in [4.78, 5) is 0. The monoisotopic (exact) mass is 788 g/mol. The smallest absolute Gasteiger partial charge is 0.0541 e. The number of hydrogen-bond donors (Lipinski definition) is 0.